The van der Waals surface area contributed by atoms with Crippen molar-refractivity contribution in [2.75, 3.05) is 11.4 Å². The molecule has 10 heteroatoms. The van der Waals surface area contributed by atoms with E-state index in [1.165, 1.54) is 0 Å². The highest BCUT2D eigenvalue weighted by Crippen LogP contribution is 2.49. The fourth-order valence-electron chi connectivity index (χ4n) is 8.76. The van der Waals surface area contributed by atoms with Crippen LogP contribution in [0.15, 0.2) is 97.6 Å². The Morgan fingerprint density at radius 1 is 0.759 bits per heavy atom. The van der Waals surface area contributed by atoms with Crippen LogP contribution < -0.4 is 15.5 Å². The molecule has 2 amide bonds. The van der Waals surface area contributed by atoms with Crippen molar-refractivity contribution in [1.82, 2.24) is 25.6 Å². The van der Waals surface area contributed by atoms with Crippen LogP contribution in [0.5, 0.6) is 11.5 Å². The minimum absolute atomic E-state index is 0.0729. The number of benzene rings is 3. The van der Waals surface area contributed by atoms with E-state index in [4.69, 9.17) is 0 Å². The lowest BCUT2D eigenvalue weighted by atomic mass is 9.67. The number of aryl methyl sites for hydroxylation is 1. The summed E-state index contributed by atoms with van der Waals surface area (Å²) < 4.78 is 0. The third-order valence-electron chi connectivity index (χ3n) is 11.9. The second-order valence-corrected chi connectivity index (χ2v) is 15.7. The van der Waals surface area contributed by atoms with Gasteiger partial charge in [0.25, 0.3) is 0 Å². The number of rotatable bonds is 15. The first-order valence-corrected chi connectivity index (χ1v) is 20.7. The van der Waals surface area contributed by atoms with Gasteiger partial charge in [-0.3, -0.25) is 24.5 Å². The summed E-state index contributed by atoms with van der Waals surface area (Å²) in [4.78, 5) is 41.9. The van der Waals surface area contributed by atoms with Gasteiger partial charge in [-0.05, 0) is 123 Å². The smallest absolute Gasteiger partial charge is 0.220 e. The van der Waals surface area contributed by atoms with Gasteiger partial charge in [-0.1, -0.05) is 44.2 Å². The van der Waals surface area contributed by atoms with Crippen molar-refractivity contribution in [2.24, 2.45) is 5.92 Å². The Balaban J connectivity index is 1.14. The quantitative estimate of drug-likeness (QED) is 0.0809. The van der Waals surface area contributed by atoms with Gasteiger partial charge in [-0.25, -0.2) is 0 Å². The summed E-state index contributed by atoms with van der Waals surface area (Å²) in [6, 6.07) is 23.0. The maximum Gasteiger partial charge on any atom is 0.220 e. The van der Waals surface area contributed by atoms with Gasteiger partial charge in [0, 0.05) is 77.8 Å². The van der Waals surface area contributed by atoms with Crippen LogP contribution in [-0.4, -0.2) is 49.6 Å². The first-order chi connectivity index (χ1) is 28.1. The van der Waals surface area contributed by atoms with Crippen molar-refractivity contribution < 1.29 is 19.8 Å². The molecule has 0 radical (unpaired) electrons. The van der Waals surface area contributed by atoms with Crippen LogP contribution in [0, 0.1) is 12.8 Å². The van der Waals surface area contributed by atoms with Crippen molar-refractivity contribution in [3.05, 3.63) is 131 Å². The van der Waals surface area contributed by atoms with E-state index < -0.39 is 12.1 Å². The lowest BCUT2D eigenvalue weighted by molar-refractivity contribution is -0.122. The molecule has 6 aromatic rings. The number of carbonyl (C=O) groups excluding carboxylic acids is 2. The highest BCUT2D eigenvalue weighted by molar-refractivity contribution is 5.91. The Morgan fingerprint density at radius 2 is 1.33 bits per heavy atom. The van der Waals surface area contributed by atoms with Gasteiger partial charge in [-0.2, -0.15) is 0 Å². The number of aromatic hydroxyl groups is 2. The summed E-state index contributed by atoms with van der Waals surface area (Å²) >= 11 is 0. The van der Waals surface area contributed by atoms with Gasteiger partial charge in [0.15, 0.2) is 0 Å². The molecule has 3 atom stereocenters. The molecule has 1 aliphatic rings. The molecule has 0 aliphatic heterocycles. The number of amides is 2. The summed E-state index contributed by atoms with van der Waals surface area (Å²) in [7, 11) is 0. The van der Waals surface area contributed by atoms with Gasteiger partial charge in [0.1, 0.15) is 22.5 Å². The minimum atomic E-state index is -0.572. The average Bonchev–Trinajstić information content (AvgIpc) is 3.22. The molecule has 0 saturated heterocycles. The van der Waals surface area contributed by atoms with Crippen LogP contribution in [0.1, 0.15) is 118 Å². The molecule has 0 bridgehead atoms. The largest absolute Gasteiger partial charge is 0.505 e. The van der Waals surface area contributed by atoms with E-state index in [-0.39, 0.29) is 35.3 Å². The highest BCUT2D eigenvalue weighted by atomic mass is 16.3. The third-order valence-corrected chi connectivity index (χ3v) is 11.9. The van der Waals surface area contributed by atoms with Crippen LogP contribution in [0.3, 0.4) is 0 Å². The first-order valence-electron chi connectivity index (χ1n) is 20.7. The van der Waals surface area contributed by atoms with Crippen molar-refractivity contribution in [3.63, 3.8) is 0 Å². The molecule has 1 aliphatic carbocycles. The number of anilines is 1. The lowest BCUT2D eigenvalue weighted by Crippen LogP contribution is -2.43. The molecule has 3 heterocycles. The van der Waals surface area contributed by atoms with Crippen LogP contribution >= 0.6 is 0 Å². The molecule has 1 saturated carbocycles. The Morgan fingerprint density at radius 3 is 1.91 bits per heavy atom. The molecule has 3 unspecified atom stereocenters. The molecule has 3 aromatic carbocycles. The number of nitrogens with zero attached hydrogens (tertiary/aromatic N) is 4. The standard InChI is InChI=1S/C48H54N6O4/c1-6-12-41(55)52-43(39-24-29(4)36-15-10-22-50-45(36)47(39)57)31-17-19-35(20-18-31)54(8-3)30(5)33-25-34(26-33)38-27-40(48(58)46-37(38)16-11-23-51-46)44(53-42(56)13-7-2)32-14-9-21-49-28-32/h9-11,14-24,27-28,30,33-34,43-44,57-58H,6-8,12-13,25-26H2,1-5H3,(H,52,55)(H,53,56). The summed E-state index contributed by atoms with van der Waals surface area (Å²) in [6.45, 7) is 11.2. The Labute approximate surface area is 340 Å². The number of phenols is 2. The Kier molecular flexibility index (Phi) is 12.2. The van der Waals surface area contributed by atoms with Crippen molar-refractivity contribution in [3.8, 4) is 11.5 Å². The first kappa shape index (κ1) is 40.2. The molecule has 58 heavy (non-hydrogen) atoms. The molecule has 300 valence electrons. The molecule has 10 nitrogen and oxygen atoms in total. The molecule has 3 aromatic heterocycles. The van der Waals surface area contributed by atoms with E-state index in [0.717, 1.165) is 64.5 Å². The second kappa shape index (κ2) is 17.6. The highest BCUT2D eigenvalue weighted by Gasteiger charge is 2.38. The number of hydrogen-bond acceptors (Lipinski definition) is 8. The third kappa shape index (κ3) is 8.05. The monoisotopic (exact) mass is 778 g/mol. The zero-order chi connectivity index (χ0) is 40.9. The molecule has 7 rings (SSSR count). The molecule has 4 N–H and O–H groups in total. The van der Waals surface area contributed by atoms with Crippen molar-refractivity contribution >= 4 is 39.3 Å². The molecule has 1 fully saturated rings. The summed E-state index contributed by atoms with van der Waals surface area (Å²) in [5.74, 6) is 0.660. The van der Waals surface area contributed by atoms with Crippen LogP contribution in [-0.2, 0) is 9.59 Å². The fourth-order valence-corrected chi connectivity index (χ4v) is 8.76. The van der Waals surface area contributed by atoms with Crippen LogP contribution in [0.2, 0.25) is 0 Å². The van der Waals surface area contributed by atoms with Gasteiger partial charge in [0.2, 0.25) is 11.8 Å². The van der Waals surface area contributed by atoms with Crippen molar-refractivity contribution in [1.29, 1.82) is 0 Å². The Hall–Kier alpha value is -6.03. The van der Waals surface area contributed by atoms with E-state index >= 15 is 0 Å². The van der Waals surface area contributed by atoms with Crippen LogP contribution in [0.25, 0.3) is 21.8 Å². The van der Waals surface area contributed by atoms with E-state index in [9.17, 15) is 19.8 Å². The number of aromatic nitrogens is 3. The van der Waals surface area contributed by atoms with Gasteiger partial charge < -0.3 is 25.7 Å². The van der Waals surface area contributed by atoms with Crippen LogP contribution in [0.4, 0.5) is 5.69 Å². The SMILES string of the molecule is CCCC(=O)NC(c1ccc(N(CC)C(C)C2CC(c3cc(C(NC(=O)CCC)c4cccnc4)c(O)c4ncccc34)C2)cc1)c1cc(C)c2cccnc2c1O. The number of phenolic OH excluding ortho intramolecular Hbond substituents is 2. The van der Waals surface area contributed by atoms with E-state index in [1.54, 1.807) is 24.8 Å². The minimum Gasteiger partial charge on any atom is -0.505 e. The number of fused-ring (bicyclic) bond motifs is 2. The van der Waals surface area contributed by atoms with Gasteiger partial charge in [0.05, 0.1) is 12.1 Å². The predicted molar refractivity (Wildman–Crippen MR) is 230 cm³/mol. The summed E-state index contributed by atoms with van der Waals surface area (Å²) in [5.41, 5.74) is 7.17. The fraction of sp³-hybridized carbons (Fsp3) is 0.354. The molecular weight excluding hydrogens is 725 g/mol. The zero-order valence-corrected chi connectivity index (χ0v) is 34.1. The van der Waals surface area contributed by atoms with E-state index in [0.29, 0.717) is 47.3 Å². The number of nitrogens with one attached hydrogen (secondary N) is 2. The predicted octanol–water partition coefficient (Wildman–Crippen LogP) is 9.32. The second-order valence-electron chi connectivity index (χ2n) is 15.7. The topological polar surface area (TPSA) is 141 Å². The number of pyridine rings is 3. The Bertz CT molecular complexity index is 2400. The molecular formula is C48H54N6O4. The van der Waals surface area contributed by atoms with Crippen molar-refractivity contribution in [2.45, 2.75) is 97.2 Å². The lowest BCUT2D eigenvalue weighted by Gasteiger charge is -2.45. The zero-order valence-electron chi connectivity index (χ0n) is 34.1. The maximum absolute atomic E-state index is 13.0. The average molecular weight is 779 g/mol. The van der Waals surface area contributed by atoms with Gasteiger partial charge in [-0.15, -0.1) is 0 Å². The summed E-state index contributed by atoms with van der Waals surface area (Å²) in [5, 5.41) is 31.3. The summed E-state index contributed by atoms with van der Waals surface area (Å²) in [6.07, 6.45) is 10.9. The number of hydrogen-bond donors (Lipinski definition) is 4. The molecule has 0 spiro atoms. The maximum atomic E-state index is 13.0. The normalized spacial score (nSPS) is 16.6. The number of carbonyl (C=O) groups is 2. The van der Waals surface area contributed by atoms with E-state index in [2.05, 4.69) is 74.7 Å². The van der Waals surface area contributed by atoms with Gasteiger partial charge >= 0.3 is 0 Å². The van der Waals surface area contributed by atoms with E-state index in [1.807, 2.05) is 63.2 Å².